The predicted octanol–water partition coefficient (Wildman–Crippen LogP) is 3.55. The summed E-state index contributed by atoms with van der Waals surface area (Å²) in [6, 6.07) is 9.08. The normalized spacial score (nSPS) is 11.5. The average molecular weight is 290 g/mol. The molecule has 0 aliphatic heterocycles. The predicted molar refractivity (Wildman–Crippen MR) is 82.3 cm³/mol. The highest BCUT2D eigenvalue weighted by Gasteiger charge is 2.10. The van der Waals surface area contributed by atoms with Gasteiger partial charge in [0.25, 0.3) is 0 Å². The lowest BCUT2D eigenvalue weighted by molar-refractivity contribution is 0.285. The van der Waals surface area contributed by atoms with Gasteiger partial charge in [-0.1, -0.05) is 26.0 Å². The molecule has 1 heterocycles. The molecule has 114 valence electrons. The minimum Gasteiger partial charge on any atom is -0.468 e. The van der Waals surface area contributed by atoms with Crippen molar-refractivity contribution < 1.29 is 8.81 Å². The van der Waals surface area contributed by atoms with Crippen molar-refractivity contribution in [2.75, 3.05) is 7.05 Å². The van der Waals surface area contributed by atoms with Gasteiger partial charge in [-0.3, -0.25) is 4.90 Å². The summed E-state index contributed by atoms with van der Waals surface area (Å²) < 4.78 is 18.5. The Kier molecular flexibility index (Phi) is 5.53. The first kappa shape index (κ1) is 15.7. The molecule has 4 heteroatoms. The maximum Gasteiger partial charge on any atom is 0.123 e. The molecule has 0 fully saturated rings. The molecule has 21 heavy (non-hydrogen) atoms. The number of hydrogen-bond acceptors (Lipinski definition) is 3. The highest BCUT2D eigenvalue weighted by atomic mass is 19.1. The summed E-state index contributed by atoms with van der Waals surface area (Å²) in [6.07, 6.45) is 1.73. The highest BCUT2D eigenvalue weighted by Crippen LogP contribution is 2.14. The molecule has 1 aromatic heterocycles. The zero-order valence-corrected chi connectivity index (χ0v) is 12.9. The molecule has 0 spiro atoms. The van der Waals surface area contributed by atoms with Gasteiger partial charge in [0.15, 0.2) is 0 Å². The molecular formula is C17H23FN2O. The van der Waals surface area contributed by atoms with Gasteiger partial charge >= 0.3 is 0 Å². The van der Waals surface area contributed by atoms with Crippen LogP contribution in [0.15, 0.2) is 41.0 Å². The van der Waals surface area contributed by atoms with E-state index >= 15 is 0 Å². The Labute approximate surface area is 125 Å². The maximum absolute atomic E-state index is 12.9. The van der Waals surface area contributed by atoms with E-state index in [0.29, 0.717) is 6.04 Å². The number of hydrogen-bond donors (Lipinski definition) is 1. The fraction of sp³-hybridized carbons (Fsp3) is 0.412. The van der Waals surface area contributed by atoms with Crippen LogP contribution in [0.5, 0.6) is 0 Å². The van der Waals surface area contributed by atoms with E-state index < -0.39 is 0 Å². The van der Waals surface area contributed by atoms with Crippen molar-refractivity contribution >= 4 is 0 Å². The third kappa shape index (κ3) is 4.99. The van der Waals surface area contributed by atoms with Gasteiger partial charge in [0, 0.05) is 24.7 Å². The third-order valence-electron chi connectivity index (χ3n) is 3.32. The summed E-state index contributed by atoms with van der Waals surface area (Å²) in [5.74, 6) is 0.780. The summed E-state index contributed by atoms with van der Waals surface area (Å²) in [5, 5.41) is 3.40. The van der Waals surface area contributed by atoms with Gasteiger partial charge < -0.3 is 9.73 Å². The van der Waals surface area contributed by atoms with Crippen LogP contribution in [0.25, 0.3) is 0 Å². The monoisotopic (exact) mass is 290 g/mol. The van der Waals surface area contributed by atoms with E-state index in [1.54, 1.807) is 6.26 Å². The molecule has 0 atom stereocenters. The first-order valence-corrected chi connectivity index (χ1v) is 7.26. The molecule has 0 saturated heterocycles. The van der Waals surface area contributed by atoms with Crippen LogP contribution >= 0.6 is 0 Å². The van der Waals surface area contributed by atoms with Crippen LogP contribution in [-0.4, -0.2) is 18.0 Å². The van der Waals surface area contributed by atoms with E-state index in [1.165, 1.54) is 17.7 Å². The molecule has 0 bridgehead atoms. The minimum absolute atomic E-state index is 0.200. The maximum atomic E-state index is 12.9. The fourth-order valence-electron chi connectivity index (χ4n) is 2.18. The Bertz CT molecular complexity index is 548. The van der Waals surface area contributed by atoms with E-state index in [2.05, 4.69) is 24.1 Å². The van der Waals surface area contributed by atoms with Crippen LogP contribution in [0, 0.1) is 5.82 Å². The largest absolute Gasteiger partial charge is 0.468 e. The Balaban J connectivity index is 1.91. The average Bonchev–Trinajstić information content (AvgIpc) is 2.86. The second-order valence-corrected chi connectivity index (χ2v) is 5.70. The molecule has 0 unspecified atom stereocenters. The molecule has 0 radical (unpaired) electrons. The Morgan fingerprint density at radius 2 is 1.86 bits per heavy atom. The van der Waals surface area contributed by atoms with Crippen molar-refractivity contribution in [3.63, 3.8) is 0 Å². The number of nitrogens with one attached hydrogen (secondary N) is 1. The van der Waals surface area contributed by atoms with Crippen LogP contribution in [0.4, 0.5) is 4.39 Å². The molecule has 2 aromatic rings. The third-order valence-corrected chi connectivity index (χ3v) is 3.32. The molecule has 2 rings (SSSR count). The summed E-state index contributed by atoms with van der Waals surface area (Å²) in [4.78, 5) is 2.16. The molecule has 3 nitrogen and oxygen atoms in total. The smallest absolute Gasteiger partial charge is 0.123 e. The summed E-state index contributed by atoms with van der Waals surface area (Å²) >= 11 is 0. The molecule has 0 aliphatic rings. The lowest BCUT2D eigenvalue weighted by atomic mass is 10.2. The van der Waals surface area contributed by atoms with E-state index in [4.69, 9.17) is 4.42 Å². The van der Waals surface area contributed by atoms with Gasteiger partial charge in [-0.05, 0) is 30.8 Å². The van der Waals surface area contributed by atoms with Crippen molar-refractivity contribution in [2.45, 2.75) is 39.5 Å². The Hall–Kier alpha value is -1.65. The number of benzene rings is 1. The Morgan fingerprint density at radius 3 is 2.52 bits per heavy atom. The van der Waals surface area contributed by atoms with Crippen LogP contribution in [0.2, 0.25) is 0 Å². The van der Waals surface area contributed by atoms with Crippen LogP contribution in [0.3, 0.4) is 0 Å². The van der Waals surface area contributed by atoms with Gasteiger partial charge in [0.1, 0.15) is 11.6 Å². The SMILES string of the molecule is CC(C)NCc1ccoc1CN(C)Cc1ccc(F)cc1. The summed E-state index contributed by atoms with van der Waals surface area (Å²) in [5.41, 5.74) is 2.28. The standard InChI is InChI=1S/C17H23FN2O/c1-13(2)19-10-15-8-9-21-17(15)12-20(3)11-14-4-6-16(18)7-5-14/h4-9,13,19H,10-12H2,1-3H3. The number of nitrogens with zero attached hydrogens (tertiary/aromatic N) is 1. The van der Waals surface area contributed by atoms with E-state index in [9.17, 15) is 4.39 Å². The number of rotatable bonds is 7. The lowest BCUT2D eigenvalue weighted by Crippen LogP contribution is -2.23. The van der Waals surface area contributed by atoms with Crippen molar-refractivity contribution in [1.82, 2.24) is 10.2 Å². The second-order valence-electron chi connectivity index (χ2n) is 5.70. The zero-order valence-electron chi connectivity index (χ0n) is 12.9. The molecular weight excluding hydrogens is 267 g/mol. The number of halogens is 1. The van der Waals surface area contributed by atoms with Gasteiger partial charge in [0.05, 0.1) is 12.8 Å². The van der Waals surface area contributed by atoms with E-state index in [-0.39, 0.29) is 5.82 Å². The lowest BCUT2D eigenvalue weighted by Gasteiger charge is -2.16. The van der Waals surface area contributed by atoms with E-state index in [1.807, 2.05) is 25.2 Å². The highest BCUT2D eigenvalue weighted by molar-refractivity contribution is 5.18. The van der Waals surface area contributed by atoms with Gasteiger partial charge in [-0.25, -0.2) is 4.39 Å². The van der Waals surface area contributed by atoms with Gasteiger partial charge in [-0.2, -0.15) is 0 Å². The second kappa shape index (κ2) is 7.38. The zero-order chi connectivity index (χ0) is 15.2. The fourth-order valence-corrected chi connectivity index (χ4v) is 2.18. The topological polar surface area (TPSA) is 28.4 Å². The van der Waals surface area contributed by atoms with Crippen LogP contribution in [-0.2, 0) is 19.6 Å². The summed E-state index contributed by atoms with van der Waals surface area (Å²) in [6.45, 7) is 6.56. The quantitative estimate of drug-likeness (QED) is 0.845. The molecule has 0 amide bonds. The molecule has 1 N–H and O–H groups in total. The molecule has 0 saturated carbocycles. The Morgan fingerprint density at radius 1 is 1.14 bits per heavy atom. The van der Waals surface area contributed by atoms with Gasteiger partial charge in [0.2, 0.25) is 0 Å². The first-order valence-electron chi connectivity index (χ1n) is 7.26. The van der Waals surface area contributed by atoms with Crippen molar-refractivity contribution in [1.29, 1.82) is 0 Å². The van der Waals surface area contributed by atoms with Crippen LogP contribution in [0.1, 0.15) is 30.7 Å². The number of furan rings is 1. The molecule has 0 aliphatic carbocycles. The van der Waals surface area contributed by atoms with Crippen LogP contribution < -0.4 is 5.32 Å². The van der Waals surface area contributed by atoms with Crippen molar-refractivity contribution in [3.05, 3.63) is 59.3 Å². The molecule has 1 aromatic carbocycles. The van der Waals surface area contributed by atoms with Crippen molar-refractivity contribution in [2.24, 2.45) is 0 Å². The first-order chi connectivity index (χ1) is 10.0. The summed E-state index contributed by atoms with van der Waals surface area (Å²) in [7, 11) is 2.03. The van der Waals surface area contributed by atoms with E-state index in [0.717, 1.165) is 31.0 Å². The van der Waals surface area contributed by atoms with Crippen molar-refractivity contribution in [3.8, 4) is 0 Å². The van der Waals surface area contributed by atoms with Gasteiger partial charge in [-0.15, -0.1) is 0 Å². The minimum atomic E-state index is -0.200.